The van der Waals surface area contributed by atoms with Gasteiger partial charge < -0.3 is 11.1 Å². The highest BCUT2D eigenvalue weighted by Crippen LogP contribution is 2.39. The van der Waals surface area contributed by atoms with Gasteiger partial charge >= 0.3 is 0 Å². The summed E-state index contributed by atoms with van der Waals surface area (Å²) in [5, 5.41) is 2.99. The zero-order valence-electron chi connectivity index (χ0n) is 12.8. The number of nitrogens with one attached hydrogen (secondary N) is 1. The second-order valence-corrected chi connectivity index (χ2v) is 6.76. The number of hydrogen-bond donors (Lipinski definition) is 2. The zero-order valence-corrected chi connectivity index (χ0v) is 15.9. The molecule has 0 aliphatic rings. The summed E-state index contributed by atoms with van der Waals surface area (Å²) in [6.07, 6.45) is 0.956. The first kappa shape index (κ1) is 17.0. The molecule has 0 aliphatic carbocycles. The highest BCUT2D eigenvalue weighted by molar-refractivity contribution is 9.11. The third-order valence-corrected chi connectivity index (χ3v) is 5.79. The second-order valence-electron chi connectivity index (χ2n) is 5.17. The van der Waals surface area contributed by atoms with Gasteiger partial charge in [0.25, 0.3) is 5.91 Å². The molecule has 0 aliphatic heterocycles. The molecule has 2 rings (SSSR count). The minimum absolute atomic E-state index is 0.127. The van der Waals surface area contributed by atoms with Gasteiger partial charge in [-0.1, -0.05) is 19.1 Å². The number of halogens is 2. The molecular formula is C17H18Br2N2O. The molecule has 1 amide bonds. The zero-order chi connectivity index (χ0) is 16.4. The maximum atomic E-state index is 12.5. The lowest BCUT2D eigenvalue weighted by molar-refractivity contribution is 0.102. The van der Waals surface area contributed by atoms with Crippen LogP contribution in [-0.2, 0) is 6.42 Å². The van der Waals surface area contributed by atoms with Crippen molar-refractivity contribution in [2.45, 2.75) is 27.2 Å². The Morgan fingerprint density at radius 3 is 2.05 bits per heavy atom. The Balaban J connectivity index is 2.36. The van der Waals surface area contributed by atoms with Gasteiger partial charge in [-0.3, -0.25) is 4.79 Å². The Bertz CT molecular complexity index is 695. The molecule has 0 unspecified atom stereocenters. The second kappa shape index (κ2) is 6.84. The van der Waals surface area contributed by atoms with Gasteiger partial charge in [-0.2, -0.15) is 0 Å². The highest BCUT2D eigenvalue weighted by Gasteiger charge is 2.17. The average Bonchev–Trinajstić information content (AvgIpc) is 2.55. The summed E-state index contributed by atoms with van der Waals surface area (Å²) in [6.45, 7) is 5.94. The fourth-order valence-electron chi connectivity index (χ4n) is 2.27. The number of carbonyl (C=O) groups excluding carboxylic acids is 1. The Kier molecular flexibility index (Phi) is 5.29. The summed E-state index contributed by atoms with van der Waals surface area (Å²) in [6, 6.07) is 7.65. The van der Waals surface area contributed by atoms with Crippen molar-refractivity contribution < 1.29 is 4.79 Å². The van der Waals surface area contributed by atoms with E-state index in [1.807, 2.05) is 38.1 Å². The number of benzene rings is 2. The van der Waals surface area contributed by atoms with E-state index in [4.69, 9.17) is 5.73 Å². The van der Waals surface area contributed by atoms with Gasteiger partial charge in [0.2, 0.25) is 0 Å². The van der Waals surface area contributed by atoms with Gasteiger partial charge in [-0.15, -0.1) is 0 Å². The summed E-state index contributed by atoms with van der Waals surface area (Å²) < 4.78 is 1.59. The number of hydrogen-bond acceptors (Lipinski definition) is 2. The fraction of sp³-hybridized carbons (Fsp3) is 0.235. The number of nitrogen functional groups attached to an aromatic ring is 1. The third kappa shape index (κ3) is 3.20. The van der Waals surface area contributed by atoms with E-state index in [-0.39, 0.29) is 5.91 Å². The van der Waals surface area contributed by atoms with Crippen LogP contribution in [0.25, 0.3) is 0 Å². The lowest BCUT2D eigenvalue weighted by Gasteiger charge is -2.17. The summed E-state index contributed by atoms with van der Waals surface area (Å²) in [5.41, 5.74) is 11.1. The van der Waals surface area contributed by atoms with Crippen LogP contribution in [-0.4, -0.2) is 5.91 Å². The van der Waals surface area contributed by atoms with Crippen molar-refractivity contribution in [2.24, 2.45) is 0 Å². The molecule has 3 N–H and O–H groups in total. The molecule has 2 aromatic carbocycles. The summed E-state index contributed by atoms with van der Waals surface area (Å²) in [5.74, 6) is -0.127. The van der Waals surface area contributed by atoms with Crippen molar-refractivity contribution in [2.75, 3.05) is 11.1 Å². The molecule has 3 nitrogen and oxygen atoms in total. The molecular weight excluding hydrogens is 408 g/mol. The van der Waals surface area contributed by atoms with Crippen molar-refractivity contribution in [1.29, 1.82) is 0 Å². The predicted octanol–water partition coefficient (Wildman–Crippen LogP) is 5.23. The van der Waals surface area contributed by atoms with Crippen LogP contribution in [0.2, 0.25) is 0 Å². The topological polar surface area (TPSA) is 55.1 Å². The minimum atomic E-state index is -0.127. The lowest BCUT2D eigenvalue weighted by atomic mass is 10.1. The van der Waals surface area contributed by atoms with Crippen LogP contribution in [0.5, 0.6) is 0 Å². The highest BCUT2D eigenvalue weighted by atomic mass is 79.9. The van der Waals surface area contributed by atoms with E-state index in [1.165, 1.54) is 5.56 Å². The Morgan fingerprint density at radius 2 is 1.59 bits per heavy atom. The third-order valence-electron chi connectivity index (χ3n) is 3.74. The molecule has 0 radical (unpaired) electrons. The molecule has 0 saturated heterocycles. The standard InChI is InChI=1S/C17H18Br2N2O/c1-4-11-5-7-12(8-6-11)17(22)21-16-9(2)13(18)15(20)14(19)10(16)3/h5-8H,4,20H2,1-3H3,(H,21,22). The van der Waals surface area contributed by atoms with Crippen molar-refractivity contribution in [3.63, 3.8) is 0 Å². The first-order valence-electron chi connectivity index (χ1n) is 7.00. The van der Waals surface area contributed by atoms with E-state index in [0.717, 1.165) is 32.2 Å². The van der Waals surface area contributed by atoms with E-state index < -0.39 is 0 Å². The van der Waals surface area contributed by atoms with Gasteiger partial charge in [0.15, 0.2) is 0 Å². The van der Waals surface area contributed by atoms with Gasteiger partial charge in [-0.05, 0) is 81.0 Å². The largest absolute Gasteiger partial charge is 0.397 e. The minimum Gasteiger partial charge on any atom is -0.397 e. The number of nitrogens with two attached hydrogens (primary N) is 1. The van der Waals surface area contributed by atoms with Gasteiger partial charge in [0.05, 0.1) is 5.69 Å². The van der Waals surface area contributed by atoms with Crippen LogP contribution in [0, 0.1) is 13.8 Å². The normalized spacial score (nSPS) is 10.6. The number of aryl methyl sites for hydroxylation is 1. The number of carbonyl (C=O) groups is 1. The summed E-state index contributed by atoms with van der Waals surface area (Å²) in [4.78, 5) is 12.5. The van der Waals surface area contributed by atoms with Crippen molar-refractivity contribution in [3.05, 3.63) is 55.5 Å². The molecule has 0 saturated carbocycles. The molecule has 0 fully saturated rings. The first-order valence-corrected chi connectivity index (χ1v) is 8.59. The molecule has 5 heteroatoms. The number of amides is 1. The molecule has 116 valence electrons. The van der Waals surface area contributed by atoms with Gasteiger partial charge in [0, 0.05) is 20.2 Å². The average molecular weight is 426 g/mol. The number of rotatable bonds is 3. The smallest absolute Gasteiger partial charge is 0.255 e. The van der Waals surface area contributed by atoms with E-state index >= 15 is 0 Å². The molecule has 22 heavy (non-hydrogen) atoms. The summed E-state index contributed by atoms with van der Waals surface area (Å²) in [7, 11) is 0. The van der Waals surface area contributed by atoms with Crippen molar-refractivity contribution in [1.82, 2.24) is 0 Å². The van der Waals surface area contributed by atoms with Gasteiger partial charge in [0.1, 0.15) is 0 Å². The van der Waals surface area contributed by atoms with Crippen LogP contribution in [0.1, 0.15) is 34.0 Å². The molecule has 0 aromatic heterocycles. The Hall–Kier alpha value is -1.33. The van der Waals surface area contributed by atoms with E-state index in [0.29, 0.717) is 11.3 Å². The monoisotopic (exact) mass is 424 g/mol. The molecule has 2 aromatic rings. The predicted molar refractivity (Wildman–Crippen MR) is 99.5 cm³/mol. The van der Waals surface area contributed by atoms with E-state index in [1.54, 1.807) is 0 Å². The molecule has 0 atom stereocenters. The van der Waals surface area contributed by atoms with Crippen LogP contribution < -0.4 is 11.1 Å². The summed E-state index contributed by atoms with van der Waals surface area (Å²) >= 11 is 6.95. The van der Waals surface area contributed by atoms with Crippen LogP contribution in [0.4, 0.5) is 11.4 Å². The Labute approximate surface area is 147 Å². The van der Waals surface area contributed by atoms with E-state index in [9.17, 15) is 4.79 Å². The lowest BCUT2D eigenvalue weighted by Crippen LogP contribution is -2.14. The quantitative estimate of drug-likeness (QED) is 0.661. The van der Waals surface area contributed by atoms with Crippen LogP contribution in [0.15, 0.2) is 33.2 Å². The van der Waals surface area contributed by atoms with Gasteiger partial charge in [-0.25, -0.2) is 0 Å². The van der Waals surface area contributed by atoms with Crippen LogP contribution in [0.3, 0.4) is 0 Å². The fourth-order valence-corrected chi connectivity index (χ4v) is 3.33. The number of anilines is 2. The first-order chi connectivity index (χ1) is 10.4. The molecule has 0 spiro atoms. The van der Waals surface area contributed by atoms with Crippen LogP contribution >= 0.6 is 31.9 Å². The van der Waals surface area contributed by atoms with E-state index in [2.05, 4.69) is 44.1 Å². The SMILES string of the molecule is CCc1ccc(C(=O)Nc2c(C)c(Br)c(N)c(Br)c2C)cc1. The maximum absolute atomic E-state index is 12.5. The van der Waals surface area contributed by atoms with Crippen molar-refractivity contribution >= 4 is 49.1 Å². The maximum Gasteiger partial charge on any atom is 0.255 e. The Morgan fingerprint density at radius 1 is 1.09 bits per heavy atom. The molecule has 0 bridgehead atoms. The van der Waals surface area contributed by atoms with Crippen molar-refractivity contribution in [3.8, 4) is 0 Å². The molecule has 0 heterocycles.